The van der Waals surface area contributed by atoms with Gasteiger partial charge in [-0.25, -0.2) is 0 Å². The molecule has 1 spiro atoms. The average Bonchev–Trinajstić information content (AvgIpc) is 1.63. The summed E-state index contributed by atoms with van der Waals surface area (Å²) >= 11 is 0. The second kappa shape index (κ2) is 43.0. The summed E-state index contributed by atoms with van der Waals surface area (Å²) in [6, 6.07) is 0. The Morgan fingerprint density at radius 3 is 1.70 bits per heavy atom. The predicted octanol–water partition coefficient (Wildman–Crippen LogP) is 6.68. The fourth-order valence-electron chi connectivity index (χ4n) is 17.1. The second-order valence-corrected chi connectivity index (χ2v) is 32.1. The molecule has 4 radical (unpaired) electrons. The number of rotatable bonds is 7. The Morgan fingerprint density at radius 2 is 1.07 bits per heavy atom. The molecular formula is C80H104Co2O29. The van der Waals surface area contributed by atoms with Crippen molar-refractivity contribution in [1.29, 1.82) is 0 Å². The summed E-state index contributed by atoms with van der Waals surface area (Å²) in [5.74, 6) is -3.28. The Labute approximate surface area is 670 Å². The number of carbonyl (C=O) groups excluding carboxylic acids is 4. The van der Waals surface area contributed by atoms with Crippen LogP contribution in [0.2, 0.25) is 0 Å². The van der Waals surface area contributed by atoms with Gasteiger partial charge in [-0.1, -0.05) is 70.2 Å². The van der Waals surface area contributed by atoms with Crippen LogP contribution in [0.4, 0.5) is 0 Å². The van der Waals surface area contributed by atoms with E-state index >= 15 is 0 Å². The van der Waals surface area contributed by atoms with Gasteiger partial charge in [0, 0.05) is 97.8 Å². The molecule has 13 rings (SSSR count). The smallest absolute Gasteiger partial charge is 0 e. The van der Waals surface area contributed by atoms with Gasteiger partial charge in [-0.05, 0) is 104 Å². The Hall–Kier alpha value is -4.57. The van der Waals surface area contributed by atoms with Crippen LogP contribution in [0.25, 0.3) is 0 Å². The first-order chi connectivity index (χ1) is 52.0. The van der Waals surface area contributed by atoms with Crippen LogP contribution < -0.4 is 0 Å². The summed E-state index contributed by atoms with van der Waals surface area (Å²) in [5, 5.41) is 24.7. The minimum absolute atomic E-state index is 0. The normalized spacial score (nSPS) is 42.5. The van der Waals surface area contributed by atoms with Crippen molar-refractivity contribution in [3.63, 3.8) is 0 Å². The van der Waals surface area contributed by atoms with E-state index in [9.17, 15) is 29.4 Å². The SMILES string of the molecule is CC(=O)O[C@@H]1CO[C@]2(C1)O[C@@H]1[C@H](O[C@H]3C[C@H]4O[C@H]5C[C@H]6O[C@H]7C/C=C\C[C@H]8O[C@H]9C=C[C@H]%10O[C@H]%11[C@H](O)[C@H]%12O[C@@H](/C=C/[C@@H](COC(=O)C(C)(C)C)OC(=O)C(C)(C)C)[C]=[C]C[C@@H]%12O[C@@H]%11C[C@@H]%10O[C@@H]9C=C[C@@H]8O[C@@H]7C[C@@H](O)[C@]6(C)O[C@@H]5C[C@H](C)C[C@@H]4O[C@@H]3[C@@H](C)[C@@H]1OC(C)=O)[C@@H](C)[C@@H]2C.[C-]#[O+].[C-]#[O+].[C-]#[O+].[C-]#[O+].[C-]#[O+].[C-]#[O+].[Co].[Co]. The molecule has 0 unspecified atom stereocenters. The fourth-order valence-corrected chi connectivity index (χ4v) is 17.1. The van der Waals surface area contributed by atoms with Crippen molar-refractivity contribution >= 4 is 23.9 Å². The molecule has 0 bridgehead atoms. The van der Waals surface area contributed by atoms with Crippen molar-refractivity contribution in [2.45, 2.75) is 330 Å². The maximum absolute atomic E-state index is 13.0. The minimum atomic E-state index is -1.10. The number of aliphatic hydroxyl groups is 2. The number of aliphatic hydroxyl groups excluding tert-OH is 2. The largest absolute Gasteiger partial charge is 0 e. The van der Waals surface area contributed by atoms with Crippen LogP contribution in [0.15, 0.2) is 48.6 Å². The maximum atomic E-state index is 13.0. The minimum Gasteiger partial charge on any atom is 0 e. The molecule has 9 fully saturated rings. The Kier molecular flexibility index (Phi) is 37.6. The van der Waals surface area contributed by atoms with Gasteiger partial charge < -0.3 is 90.7 Å². The first-order valence-corrected chi connectivity index (χ1v) is 37.0. The molecular weight excluding hydrogens is 1540 g/mol. The summed E-state index contributed by atoms with van der Waals surface area (Å²) in [6.45, 7) is 50.7. The van der Waals surface area contributed by atoms with Gasteiger partial charge in [-0.3, -0.25) is 19.2 Å². The number of fused-ring (bicyclic) bond motifs is 11. The number of hydrogen-bond acceptors (Lipinski definition) is 23. The fraction of sp³-hybridized carbons (Fsp3) is 0.750. The molecule has 33 atom stereocenters. The molecule has 0 aromatic heterocycles. The van der Waals surface area contributed by atoms with Crippen LogP contribution in [0.5, 0.6) is 0 Å². The van der Waals surface area contributed by atoms with Gasteiger partial charge in [-0.2, -0.15) is 0 Å². The second-order valence-electron chi connectivity index (χ2n) is 32.1. The van der Waals surface area contributed by atoms with E-state index in [4.69, 9.17) is 108 Å². The first kappa shape index (κ1) is 97.0. The van der Waals surface area contributed by atoms with E-state index in [1.165, 1.54) is 13.8 Å². The third-order valence-electron chi connectivity index (χ3n) is 22.7. The van der Waals surface area contributed by atoms with Crippen LogP contribution in [0.1, 0.15) is 154 Å². The molecule has 13 heterocycles. The van der Waals surface area contributed by atoms with E-state index in [0.29, 0.717) is 51.4 Å². The summed E-state index contributed by atoms with van der Waals surface area (Å²) in [4.78, 5) is 50.7. The number of ether oxygens (including phenoxy) is 17. The molecule has 0 saturated carbocycles. The predicted molar refractivity (Wildman–Crippen MR) is 366 cm³/mol. The van der Waals surface area contributed by atoms with E-state index in [0.717, 1.165) is 0 Å². The zero-order chi connectivity index (χ0) is 80.8. The van der Waals surface area contributed by atoms with Gasteiger partial charge >= 0.3 is 91.7 Å². The molecule has 0 amide bonds. The summed E-state index contributed by atoms with van der Waals surface area (Å²) in [6.07, 6.45) is 10.7. The molecule has 13 aliphatic heterocycles. The van der Waals surface area contributed by atoms with Crippen molar-refractivity contribution in [2.24, 2.45) is 34.5 Å². The summed E-state index contributed by atoms with van der Waals surface area (Å²) in [7, 11) is 0. The molecule has 13 aliphatic rings. The Bertz CT molecular complexity index is 3270. The molecule has 9 saturated heterocycles. The van der Waals surface area contributed by atoms with Crippen molar-refractivity contribution in [1.82, 2.24) is 0 Å². The molecule has 29 nitrogen and oxygen atoms in total. The quantitative estimate of drug-likeness (QED) is 0.0882. The van der Waals surface area contributed by atoms with E-state index in [-0.39, 0.29) is 108 Å². The molecule has 0 aromatic carbocycles. The molecule has 0 aromatic rings. The summed E-state index contributed by atoms with van der Waals surface area (Å²) < 4.78 is 159. The maximum Gasteiger partial charge on any atom is 0 e. The van der Waals surface area contributed by atoms with E-state index < -0.39 is 187 Å². The van der Waals surface area contributed by atoms with Gasteiger partial charge in [0.1, 0.15) is 79.4 Å². The molecule has 0 aliphatic carbocycles. The zero-order valence-electron chi connectivity index (χ0n) is 64.6. The van der Waals surface area contributed by atoms with Crippen LogP contribution >= 0.6 is 0 Å². The molecule has 111 heavy (non-hydrogen) atoms. The third-order valence-corrected chi connectivity index (χ3v) is 22.7. The van der Waals surface area contributed by atoms with Crippen molar-refractivity contribution in [3.05, 3.63) is 101 Å². The zero-order valence-corrected chi connectivity index (χ0v) is 66.7. The van der Waals surface area contributed by atoms with Crippen LogP contribution in [-0.2, 0) is 161 Å². The van der Waals surface area contributed by atoms with Gasteiger partial charge in [-0.15, -0.1) is 0 Å². The number of esters is 4. The van der Waals surface area contributed by atoms with E-state index in [1.54, 1.807) is 53.7 Å². The first-order valence-electron chi connectivity index (χ1n) is 37.0. The molecule has 2 N–H and O–H groups in total. The standard InChI is InChI=1S/C74H104O23.6CO.2Co/c1-36-27-52-54(30-58-63(94-52)38(3)65(84-41(6)76)68-64(95-58)37(2)39(4)74(97-68)33-44(35-82-74)83-40(5)75)91-56-32-61-73(13,96-57(56)28-36)60(77)31-55-46(92-61)19-15-14-18-45-47(89-55)23-24-49-48(87-45)25-26-50-53(88-49)29-59-67(93-50)62(78)66-51(90-59)20-16-17-42(85-66)21-22-43(86-70(80)72(10,11)12)34-81-69(79)71(7,8)9;6*1-2;;/h14-15,21-26,36-39,42-68,77-78H,18-20,27-35H2,1-13H3;;;;;;;;/b15-14-,22-21+;;;;;;;;/t36-,37+,38-,39+,42-,43+,44+,45-,46+,47+,48+,49-,50-,51+,52+,53+,54-,55-,56+,57-,58+,59-,60-,61-,62-,63-,64-,65+,66+,67-,68-,73+,74-;;;;;;;;/m1......../s1. The Morgan fingerprint density at radius 1 is 0.550 bits per heavy atom. The van der Waals surface area contributed by atoms with Gasteiger partial charge in [0.25, 0.3) is 0 Å². The monoisotopic (exact) mass is 1650 g/mol. The van der Waals surface area contributed by atoms with Crippen LogP contribution in [0, 0.1) is 86.6 Å². The van der Waals surface area contributed by atoms with Gasteiger partial charge in [0.15, 0.2) is 11.9 Å². The van der Waals surface area contributed by atoms with Crippen molar-refractivity contribution < 1.29 is 171 Å². The average molecular weight is 1650 g/mol. The van der Waals surface area contributed by atoms with Crippen molar-refractivity contribution in [3.8, 4) is 0 Å². The van der Waals surface area contributed by atoms with Crippen LogP contribution in [-0.4, -0.2) is 223 Å². The van der Waals surface area contributed by atoms with Gasteiger partial charge in [0.2, 0.25) is 0 Å². The van der Waals surface area contributed by atoms with E-state index in [1.807, 2.05) is 38.2 Å². The molecule has 616 valence electrons. The molecule has 31 heteroatoms. The van der Waals surface area contributed by atoms with Crippen LogP contribution in [0.3, 0.4) is 0 Å². The van der Waals surface area contributed by atoms with Crippen molar-refractivity contribution in [2.75, 3.05) is 13.2 Å². The van der Waals surface area contributed by atoms with E-state index in [2.05, 4.69) is 85.0 Å². The van der Waals surface area contributed by atoms with Gasteiger partial charge in [0.05, 0.1) is 109 Å². The summed E-state index contributed by atoms with van der Waals surface area (Å²) in [5.41, 5.74) is -2.66. The topological polar surface area (TPSA) is 385 Å². The number of hydrogen-bond donors (Lipinski definition) is 2. The number of carbonyl (C=O) groups is 4. The Balaban J connectivity index is 0.00000150. The third kappa shape index (κ3) is 22.6.